The number of hydrogen-bond acceptors (Lipinski definition) is 3. The highest BCUT2D eigenvalue weighted by atomic mass is 35.5. The normalized spacial score (nSPS) is 10.5. The molecule has 0 spiro atoms. The number of hydrogen-bond donors (Lipinski definition) is 2. The summed E-state index contributed by atoms with van der Waals surface area (Å²) in [6.45, 7) is 0. The Kier molecular flexibility index (Phi) is 6.07. The van der Waals surface area contributed by atoms with E-state index in [0.717, 1.165) is 16.5 Å². The number of anilines is 1. The molecule has 4 aromatic carbocycles. The molecule has 3 amide bonds. The van der Waals surface area contributed by atoms with Gasteiger partial charge in [-0.05, 0) is 47.9 Å². The first-order chi connectivity index (χ1) is 15.0. The van der Waals surface area contributed by atoms with E-state index in [-0.39, 0.29) is 15.6 Å². The molecular weight excluding hydrogens is 435 g/mol. The quantitative estimate of drug-likeness (QED) is 0.355. The molecule has 4 rings (SSSR count). The van der Waals surface area contributed by atoms with Gasteiger partial charge in [0.1, 0.15) is 11.5 Å². The van der Waals surface area contributed by atoms with Crippen LogP contribution in [-0.4, -0.2) is 11.9 Å². The van der Waals surface area contributed by atoms with E-state index in [0.29, 0.717) is 11.4 Å². The summed E-state index contributed by atoms with van der Waals surface area (Å²) in [5.41, 5.74) is 0.528. The molecule has 0 heterocycles. The van der Waals surface area contributed by atoms with Crippen LogP contribution in [0.2, 0.25) is 10.0 Å². The molecule has 0 radical (unpaired) electrons. The number of urea groups is 1. The van der Waals surface area contributed by atoms with Crippen molar-refractivity contribution in [2.75, 3.05) is 5.32 Å². The maximum absolute atomic E-state index is 12.3. The first kappa shape index (κ1) is 20.7. The number of imide groups is 1. The van der Waals surface area contributed by atoms with E-state index in [1.165, 1.54) is 12.1 Å². The van der Waals surface area contributed by atoms with Gasteiger partial charge in [-0.1, -0.05) is 65.7 Å². The van der Waals surface area contributed by atoms with Crippen LogP contribution >= 0.6 is 23.2 Å². The average molecular weight is 451 g/mol. The van der Waals surface area contributed by atoms with E-state index in [4.69, 9.17) is 27.9 Å². The monoisotopic (exact) mass is 450 g/mol. The van der Waals surface area contributed by atoms with Gasteiger partial charge in [-0.3, -0.25) is 10.1 Å². The standard InChI is InChI=1S/C24H16Cl2N2O3/c25-19-8-4-9-20(26)22(19)23(29)28-24(30)27-16-11-13-17(14-12-16)31-21-10-3-6-15-5-1-2-7-18(15)21/h1-14H,(H2,27,28,29,30). The molecule has 0 saturated carbocycles. The van der Waals surface area contributed by atoms with Crippen LogP contribution < -0.4 is 15.4 Å². The topological polar surface area (TPSA) is 67.4 Å². The molecule has 0 bridgehead atoms. The zero-order chi connectivity index (χ0) is 21.8. The molecule has 4 aromatic rings. The van der Waals surface area contributed by atoms with Gasteiger partial charge in [0.15, 0.2) is 0 Å². The maximum atomic E-state index is 12.3. The summed E-state index contributed by atoms with van der Waals surface area (Å²) < 4.78 is 5.99. The lowest BCUT2D eigenvalue weighted by molar-refractivity contribution is 0.0967. The second-order valence-electron chi connectivity index (χ2n) is 6.61. The first-order valence-corrected chi connectivity index (χ1v) is 10.1. The Morgan fingerprint density at radius 1 is 0.742 bits per heavy atom. The third-order valence-electron chi connectivity index (χ3n) is 4.51. The number of halogens is 2. The fourth-order valence-electron chi connectivity index (χ4n) is 3.06. The van der Waals surface area contributed by atoms with Crippen molar-refractivity contribution >= 4 is 51.6 Å². The highest BCUT2D eigenvalue weighted by Gasteiger charge is 2.17. The molecule has 0 atom stereocenters. The van der Waals surface area contributed by atoms with Gasteiger partial charge in [-0.25, -0.2) is 4.79 Å². The summed E-state index contributed by atoms with van der Waals surface area (Å²) in [6.07, 6.45) is 0. The number of fused-ring (bicyclic) bond motifs is 1. The predicted molar refractivity (Wildman–Crippen MR) is 123 cm³/mol. The van der Waals surface area contributed by atoms with Crippen molar-refractivity contribution in [2.45, 2.75) is 0 Å². The second-order valence-corrected chi connectivity index (χ2v) is 7.42. The molecule has 0 aromatic heterocycles. The summed E-state index contributed by atoms with van der Waals surface area (Å²) in [4.78, 5) is 24.5. The summed E-state index contributed by atoms with van der Waals surface area (Å²) in [5, 5.41) is 7.21. The summed E-state index contributed by atoms with van der Waals surface area (Å²) in [7, 11) is 0. The summed E-state index contributed by atoms with van der Waals surface area (Å²) in [6, 6.07) is 24.5. The third-order valence-corrected chi connectivity index (χ3v) is 5.14. The molecule has 5 nitrogen and oxygen atoms in total. The fourth-order valence-corrected chi connectivity index (χ4v) is 3.63. The molecule has 2 N–H and O–H groups in total. The second kappa shape index (κ2) is 9.08. The maximum Gasteiger partial charge on any atom is 0.326 e. The lowest BCUT2D eigenvalue weighted by Crippen LogP contribution is -2.34. The minimum atomic E-state index is -0.705. The van der Waals surface area contributed by atoms with Crippen molar-refractivity contribution in [3.05, 3.63) is 101 Å². The van der Waals surface area contributed by atoms with Crippen LogP contribution in [0.1, 0.15) is 10.4 Å². The Labute approximate surface area is 188 Å². The lowest BCUT2D eigenvalue weighted by Gasteiger charge is -2.11. The molecule has 154 valence electrons. The van der Waals surface area contributed by atoms with Crippen LogP contribution in [0.25, 0.3) is 10.8 Å². The number of nitrogens with one attached hydrogen (secondary N) is 2. The zero-order valence-electron chi connectivity index (χ0n) is 16.1. The molecule has 0 aliphatic carbocycles. The molecule has 0 fully saturated rings. The molecule has 31 heavy (non-hydrogen) atoms. The van der Waals surface area contributed by atoms with Gasteiger partial charge in [0.25, 0.3) is 5.91 Å². The van der Waals surface area contributed by atoms with Crippen molar-refractivity contribution < 1.29 is 14.3 Å². The molecule has 0 saturated heterocycles. The molecule has 0 aliphatic heterocycles. The van der Waals surface area contributed by atoms with Gasteiger partial charge in [-0.15, -0.1) is 0 Å². The minimum absolute atomic E-state index is 0.0415. The lowest BCUT2D eigenvalue weighted by atomic mass is 10.1. The van der Waals surface area contributed by atoms with Crippen molar-refractivity contribution in [3.8, 4) is 11.5 Å². The van der Waals surface area contributed by atoms with Gasteiger partial charge >= 0.3 is 6.03 Å². The Balaban J connectivity index is 1.41. The van der Waals surface area contributed by atoms with Crippen LogP contribution in [0.15, 0.2) is 84.9 Å². The average Bonchev–Trinajstić information content (AvgIpc) is 2.75. The van der Waals surface area contributed by atoms with Gasteiger partial charge in [0.05, 0.1) is 15.6 Å². The largest absolute Gasteiger partial charge is 0.457 e. The molecular formula is C24H16Cl2N2O3. The first-order valence-electron chi connectivity index (χ1n) is 9.33. The van der Waals surface area contributed by atoms with Gasteiger partial charge in [-0.2, -0.15) is 0 Å². The van der Waals surface area contributed by atoms with E-state index in [1.54, 1.807) is 30.3 Å². The van der Waals surface area contributed by atoms with E-state index in [1.807, 2.05) is 42.5 Å². The number of benzene rings is 4. The van der Waals surface area contributed by atoms with E-state index >= 15 is 0 Å². The Bertz CT molecular complexity index is 1250. The van der Waals surface area contributed by atoms with Crippen molar-refractivity contribution in [2.24, 2.45) is 0 Å². The minimum Gasteiger partial charge on any atom is -0.457 e. The van der Waals surface area contributed by atoms with E-state index in [9.17, 15) is 9.59 Å². The van der Waals surface area contributed by atoms with Crippen LogP contribution in [0.5, 0.6) is 11.5 Å². The van der Waals surface area contributed by atoms with Gasteiger partial charge < -0.3 is 10.1 Å². The Morgan fingerprint density at radius 2 is 1.39 bits per heavy atom. The van der Waals surface area contributed by atoms with Crippen LogP contribution in [0.3, 0.4) is 0 Å². The Morgan fingerprint density at radius 3 is 2.13 bits per heavy atom. The van der Waals surface area contributed by atoms with Crippen LogP contribution in [0, 0.1) is 0 Å². The van der Waals surface area contributed by atoms with E-state index in [2.05, 4.69) is 10.6 Å². The van der Waals surface area contributed by atoms with Crippen LogP contribution in [-0.2, 0) is 0 Å². The molecule has 7 heteroatoms. The summed E-state index contributed by atoms with van der Waals surface area (Å²) >= 11 is 12.0. The molecule has 0 aliphatic rings. The number of carbonyl (C=O) groups excluding carboxylic acids is 2. The number of carbonyl (C=O) groups is 2. The Hall–Kier alpha value is -3.54. The fraction of sp³-hybridized carbons (Fsp3) is 0. The van der Waals surface area contributed by atoms with Gasteiger partial charge in [0.2, 0.25) is 0 Å². The van der Waals surface area contributed by atoms with Crippen molar-refractivity contribution in [1.82, 2.24) is 5.32 Å². The highest BCUT2D eigenvalue weighted by Crippen LogP contribution is 2.30. The number of rotatable bonds is 4. The number of ether oxygens (including phenoxy) is 1. The van der Waals surface area contributed by atoms with Crippen molar-refractivity contribution in [3.63, 3.8) is 0 Å². The van der Waals surface area contributed by atoms with Crippen molar-refractivity contribution in [1.29, 1.82) is 0 Å². The van der Waals surface area contributed by atoms with Gasteiger partial charge in [0, 0.05) is 11.1 Å². The smallest absolute Gasteiger partial charge is 0.326 e. The predicted octanol–water partition coefficient (Wildman–Crippen LogP) is 6.90. The summed E-state index contributed by atoms with van der Waals surface area (Å²) in [5.74, 6) is 0.656. The SMILES string of the molecule is O=C(NC(=O)c1c(Cl)cccc1Cl)Nc1ccc(Oc2cccc3ccccc23)cc1. The molecule has 0 unspecified atom stereocenters. The number of amides is 3. The third kappa shape index (κ3) is 4.79. The zero-order valence-corrected chi connectivity index (χ0v) is 17.6. The van der Waals surface area contributed by atoms with E-state index < -0.39 is 11.9 Å². The van der Waals surface area contributed by atoms with Crippen LogP contribution in [0.4, 0.5) is 10.5 Å². The highest BCUT2D eigenvalue weighted by molar-refractivity contribution is 6.40.